The van der Waals surface area contributed by atoms with Gasteiger partial charge in [0.05, 0.1) is 13.2 Å². The van der Waals surface area contributed by atoms with E-state index in [4.69, 9.17) is 18.3 Å². The van der Waals surface area contributed by atoms with E-state index in [-0.39, 0.29) is 17.3 Å². The number of ketones is 1. The van der Waals surface area contributed by atoms with Crippen LogP contribution in [0.3, 0.4) is 0 Å². The van der Waals surface area contributed by atoms with Crippen molar-refractivity contribution in [3.05, 3.63) is 35.8 Å². The Labute approximate surface area is 244 Å². The molecule has 2 aromatic rings. The summed E-state index contributed by atoms with van der Waals surface area (Å²) in [4.78, 5) is 12.7. The number of furan rings is 2. The highest BCUT2D eigenvalue weighted by molar-refractivity contribution is 6.05. The summed E-state index contributed by atoms with van der Waals surface area (Å²) in [6.45, 7) is 5.74. The van der Waals surface area contributed by atoms with E-state index in [1.165, 1.54) is 116 Å². The van der Waals surface area contributed by atoms with Gasteiger partial charge in [-0.15, -0.1) is 0 Å². The summed E-state index contributed by atoms with van der Waals surface area (Å²) >= 11 is 0. The van der Waals surface area contributed by atoms with Crippen LogP contribution in [-0.4, -0.2) is 19.0 Å². The normalized spacial score (nSPS) is 11.2. The van der Waals surface area contributed by atoms with Gasteiger partial charge in [-0.05, 0) is 25.0 Å². The maximum atomic E-state index is 12.7. The molecular formula is C35H58O5. The molecule has 0 N–H and O–H groups in total. The van der Waals surface area contributed by atoms with Gasteiger partial charge in [0.15, 0.2) is 11.5 Å². The summed E-state index contributed by atoms with van der Waals surface area (Å²) in [5.41, 5.74) is 0. The Morgan fingerprint density at radius 2 is 0.775 bits per heavy atom. The van der Waals surface area contributed by atoms with Crippen LogP contribution in [0.1, 0.15) is 171 Å². The van der Waals surface area contributed by atoms with Crippen molar-refractivity contribution in [2.24, 2.45) is 0 Å². The first-order valence-electron chi connectivity index (χ1n) is 16.7. The Balaban J connectivity index is 1.49. The van der Waals surface area contributed by atoms with E-state index in [1.54, 1.807) is 24.3 Å². The maximum Gasteiger partial charge on any atom is 0.284 e. The minimum Gasteiger partial charge on any atom is -0.465 e. The number of unbranched alkanes of at least 4 members (excludes halogenated alkanes) is 20. The molecule has 0 spiro atoms. The molecule has 0 saturated heterocycles. The Morgan fingerprint density at radius 3 is 1.10 bits per heavy atom. The zero-order valence-corrected chi connectivity index (χ0v) is 25.8. The van der Waals surface area contributed by atoms with E-state index in [9.17, 15) is 4.79 Å². The number of ether oxygens (including phenoxy) is 2. The van der Waals surface area contributed by atoms with Crippen LogP contribution >= 0.6 is 0 Å². The largest absolute Gasteiger partial charge is 0.465 e. The lowest BCUT2D eigenvalue weighted by atomic mass is 10.1. The predicted octanol–water partition coefficient (Wildman–Crippen LogP) is 11.5. The molecule has 0 aliphatic heterocycles. The van der Waals surface area contributed by atoms with E-state index in [1.807, 2.05) is 0 Å². The molecule has 0 amide bonds. The van der Waals surface area contributed by atoms with Crippen LogP contribution in [0.4, 0.5) is 0 Å². The molecule has 0 unspecified atom stereocenters. The van der Waals surface area contributed by atoms with Crippen molar-refractivity contribution in [2.45, 2.75) is 155 Å². The quantitative estimate of drug-likeness (QED) is 0.0767. The molecule has 5 nitrogen and oxygen atoms in total. The molecule has 0 fully saturated rings. The second-order valence-corrected chi connectivity index (χ2v) is 11.3. The molecule has 0 aliphatic rings. The number of rotatable bonds is 28. The molecule has 40 heavy (non-hydrogen) atoms. The molecule has 0 saturated carbocycles. The van der Waals surface area contributed by atoms with Crippen molar-refractivity contribution in [2.75, 3.05) is 13.2 Å². The van der Waals surface area contributed by atoms with Crippen molar-refractivity contribution in [1.29, 1.82) is 0 Å². The third-order valence-corrected chi connectivity index (χ3v) is 7.59. The van der Waals surface area contributed by atoms with Crippen LogP contribution in [0.5, 0.6) is 11.9 Å². The smallest absolute Gasteiger partial charge is 0.284 e. The molecule has 2 heterocycles. The molecule has 0 radical (unpaired) electrons. The van der Waals surface area contributed by atoms with Gasteiger partial charge in [0.25, 0.3) is 17.7 Å². The van der Waals surface area contributed by atoms with Gasteiger partial charge in [-0.3, -0.25) is 4.79 Å². The van der Waals surface area contributed by atoms with Gasteiger partial charge < -0.3 is 18.3 Å². The summed E-state index contributed by atoms with van der Waals surface area (Å²) < 4.78 is 22.7. The molecule has 0 aromatic carbocycles. The lowest BCUT2D eigenvalue weighted by Gasteiger charge is -2.04. The minimum absolute atomic E-state index is 0.222. The van der Waals surface area contributed by atoms with E-state index >= 15 is 0 Å². The van der Waals surface area contributed by atoms with Gasteiger partial charge in [0, 0.05) is 12.1 Å². The van der Waals surface area contributed by atoms with Crippen LogP contribution in [0.2, 0.25) is 0 Å². The van der Waals surface area contributed by atoms with Crippen LogP contribution in [0.15, 0.2) is 33.1 Å². The molecule has 0 aliphatic carbocycles. The SMILES string of the molecule is CCCCCCCCCCCCCOc1ccc(C(=O)c2ccc(OCCCCCCCCCCCCC)o2)o1. The molecule has 2 aromatic heterocycles. The molecule has 228 valence electrons. The lowest BCUT2D eigenvalue weighted by Crippen LogP contribution is -1.99. The van der Waals surface area contributed by atoms with Gasteiger partial charge in [-0.1, -0.05) is 142 Å². The summed E-state index contributed by atoms with van der Waals surface area (Å²) in [5, 5.41) is 0. The topological polar surface area (TPSA) is 61.8 Å². The molecule has 5 heteroatoms. The monoisotopic (exact) mass is 558 g/mol. The van der Waals surface area contributed by atoms with Crippen molar-refractivity contribution in [1.82, 2.24) is 0 Å². The van der Waals surface area contributed by atoms with Gasteiger partial charge in [-0.2, -0.15) is 0 Å². The summed E-state index contributed by atoms with van der Waals surface area (Å²) in [5.74, 6) is 0.916. The van der Waals surface area contributed by atoms with Crippen LogP contribution in [-0.2, 0) is 0 Å². The average molecular weight is 559 g/mol. The fourth-order valence-corrected chi connectivity index (χ4v) is 5.04. The number of carbonyl (C=O) groups excluding carboxylic acids is 1. The fourth-order valence-electron chi connectivity index (χ4n) is 5.04. The summed E-state index contributed by atoms with van der Waals surface area (Å²) in [6, 6.07) is 6.70. The highest BCUT2D eigenvalue weighted by atomic mass is 16.6. The van der Waals surface area contributed by atoms with Crippen molar-refractivity contribution in [3.63, 3.8) is 0 Å². The number of hydrogen-bond donors (Lipinski definition) is 0. The first-order valence-corrected chi connectivity index (χ1v) is 16.7. The van der Waals surface area contributed by atoms with Crippen molar-refractivity contribution in [3.8, 4) is 11.9 Å². The van der Waals surface area contributed by atoms with Gasteiger partial charge >= 0.3 is 0 Å². The number of carbonyl (C=O) groups is 1. The molecular weight excluding hydrogens is 500 g/mol. The zero-order valence-electron chi connectivity index (χ0n) is 25.8. The first kappa shape index (κ1) is 34.0. The van der Waals surface area contributed by atoms with Gasteiger partial charge in [0.1, 0.15) is 0 Å². The second-order valence-electron chi connectivity index (χ2n) is 11.3. The average Bonchev–Trinajstić information content (AvgIpc) is 3.64. The highest BCUT2D eigenvalue weighted by Crippen LogP contribution is 2.23. The van der Waals surface area contributed by atoms with E-state index in [0.717, 1.165) is 25.7 Å². The minimum atomic E-state index is -0.297. The third-order valence-electron chi connectivity index (χ3n) is 7.59. The molecule has 0 atom stereocenters. The Hall–Kier alpha value is -2.17. The van der Waals surface area contributed by atoms with Gasteiger partial charge in [-0.25, -0.2) is 0 Å². The maximum absolute atomic E-state index is 12.7. The standard InChI is InChI=1S/C35H58O5/c1-3-5-7-9-11-13-15-17-19-21-23-29-37-33-27-25-31(39-33)35(36)32-26-28-34(40-32)38-30-24-22-20-18-16-14-12-10-8-6-4-2/h25-28H,3-24,29-30H2,1-2H3. The number of hydrogen-bond acceptors (Lipinski definition) is 5. The van der Waals surface area contributed by atoms with Crippen LogP contribution < -0.4 is 9.47 Å². The predicted molar refractivity (Wildman–Crippen MR) is 165 cm³/mol. The summed E-state index contributed by atoms with van der Waals surface area (Å²) in [7, 11) is 0. The Morgan fingerprint density at radius 1 is 0.475 bits per heavy atom. The first-order chi connectivity index (χ1) is 19.7. The third kappa shape index (κ3) is 16.2. The van der Waals surface area contributed by atoms with Crippen LogP contribution in [0, 0.1) is 0 Å². The summed E-state index contributed by atoms with van der Waals surface area (Å²) in [6.07, 6.45) is 28.6. The van der Waals surface area contributed by atoms with Crippen molar-refractivity contribution < 1.29 is 23.1 Å². The Bertz CT molecular complexity index is 783. The van der Waals surface area contributed by atoms with Crippen molar-refractivity contribution >= 4 is 5.78 Å². The Kier molecular flexibility index (Phi) is 20.0. The zero-order chi connectivity index (χ0) is 28.5. The van der Waals surface area contributed by atoms with Crippen LogP contribution in [0.25, 0.3) is 0 Å². The molecule has 0 bridgehead atoms. The van der Waals surface area contributed by atoms with E-state index in [2.05, 4.69) is 13.8 Å². The molecule has 2 rings (SSSR count). The second kappa shape index (κ2) is 23.5. The van der Waals surface area contributed by atoms with Gasteiger partial charge in [0.2, 0.25) is 0 Å². The van der Waals surface area contributed by atoms with E-state index < -0.39 is 0 Å². The highest BCUT2D eigenvalue weighted by Gasteiger charge is 2.18. The van der Waals surface area contributed by atoms with E-state index in [0.29, 0.717) is 25.1 Å². The fraction of sp³-hybridized carbons (Fsp3) is 0.743. The lowest BCUT2D eigenvalue weighted by molar-refractivity contribution is 0.0965.